The van der Waals surface area contributed by atoms with Crippen LogP contribution in [0, 0.1) is 0 Å². The van der Waals surface area contributed by atoms with Crippen molar-refractivity contribution in [3.05, 3.63) is 60.2 Å². The molecule has 0 aromatic heterocycles. The van der Waals surface area contributed by atoms with Crippen molar-refractivity contribution in [1.29, 1.82) is 0 Å². The van der Waals surface area contributed by atoms with Crippen LogP contribution in [-0.4, -0.2) is 23.6 Å². The third-order valence-electron chi connectivity index (χ3n) is 3.86. The standard InChI is InChI=1S/C19H21NO4/c1-3-24-16-12-8-7-11-15(16)20-17(21)13-19(2,18(22)23)14-9-5-4-6-10-14/h4-12H,3,13H2,1-2H3,(H,20,21)(H,22,23)/t19-/m0/s1. The number of para-hydroxylation sites is 2. The highest BCUT2D eigenvalue weighted by Crippen LogP contribution is 2.30. The van der Waals surface area contributed by atoms with Gasteiger partial charge < -0.3 is 15.2 Å². The summed E-state index contributed by atoms with van der Waals surface area (Å²) in [7, 11) is 0. The molecule has 0 aliphatic carbocycles. The zero-order valence-electron chi connectivity index (χ0n) is 13.8. The second kappa shape index (κ2) is 7.64. The summed E-state index contributed by atoms with van der Waals surface area (Å²) in [6.07, 6.45) is -0.174. The van der Waals surface area contributed by atoms with E-state index in [0.29, 0.717) is 23.6 Å². The van der Waals surface area contributed by atoms with Gasteiger partial charge in [-0.1, -0.05) is 42.5 Å². The Hall–Kier alpha value is -2.82. The van der Waals surface area contributed by atoms with Crippen LogP contribution in [0.15, 0.2) is 54.6 Å². The van der Waals surface area contributed by atoms with Crippen molar-refractivity contribution in [1.82, 2.24) is 0 Å². The topological polar surface area (TPSA) is 75.6 Å². The van der Waals surface area contributed by atoms with E-state index in [0.717, 1.165) is 0 Å². The van der Waals surface area contributed by atoms with E-state index in [1.807, 2.05) is 19.1 Å². The molecule has 0 aliphatic heterocycles. The van der Waals surface area contributed by atoms with Crippen LogP contribution in [0.1, 0.15) is 25.8 Å². The molecule has 2 aromatic rings. The minimum atomic E-state index is -1.30. The highest BCUT2D eigenvalue weighted by atomic mass is 16.5. The lowest BCUT2D eigenvalue weighted by Crippen LogP contribution is -2.36. The molecule has 0 heterocycles. The molecular weight excluding hydrogens is 306 g/mol. The smallest absolute Gasteiger partial charge is 0.314 e. The Kier molecular flexibility index (Phi) is 5.58. The van der Waals surface area contributed by atoms with Gasteiger partial charge in [-0.15, -0.1) is 0 Å². The number of carbonyl (C=O) groups excluding carboxylic acids is 1. The molecule has 2 N–H and O–H groups in total. The SMILES string of the molecule is CCOc1ccccc1NC(=O)C[C@](C)(C(=O)O)c1ccccc1. The largest absolute Gasteiger partial charge is 0.492 e. The van der Waals surface area contributed by atoms with E-state index in [1.54, 1.807) is 49.4 Å². The van der Waals surface area contributed by atoms with Gasteiger partial charge in [0.05, 0.1) is 17.7 Å². The van der Waals surface area contributed by atoms with Gasteiger partial charge in [-0.2, -0.15) is 0 Å². The Morgan fingerprint density at radius 2 is 1.71 bits per heavy atom. The molecule has 0 radical (unpaired) electrons. The molecule has 2 rings (SSSR count). The van der Waals surface area contributed by atoms with Crippen LogP contribution in [0.5, 0.6) is 5.75 Å². The minimum Gasteiger partial charge on any atom is -0.492 e. The number of carbonyl (C=O) groups is 2. The van der Waals surface area contributed by atoms with Crippen molar-refractivity contribution in [3.63, 3.8) is 0 Å². The van der Waals surface area contributed by atoms with Crippen LogP contribution in [0.25, 0.3) is 0 Å². The quantitative estimate of drug-likeness (QED) is 0.816. The Morgan fingerprint density at radius 1 is 1.08 bits per heavy atom. The first-order valence-corrected chi connectivity index (χ1v) is 7.78. The molecule has 126 valence electrons. The molecule has 0 saturated carbocycles. The Morgan fingerprint density at radius 3 is 2.33 bits per heavy atom. The molecule has 0 spiro atoms. The zero-order valence-corrected chi connectivity index (χ0v) is 13.8. The van der Waals surface area contributed by atoms with Crippen molar-refractivity contribution in [2.24, 2.45) is 0 Å². The maximum absolute atomic E-state index is 12.4. The summed E-state index contributed by atoms with van der Waals surface area (Å²) in [4.78, 5) is 24.2. The van der Waals surface area contributed by atoms with E-state index in [9.17, 15) is 14.7 Å². The van der Waals surface area contributed by atoms with Gasteiger partial charge in [-0.25, -0.2) is 0 Å². The van der Waals surface area contributed by atoms with Gasteiger partial charge in [0.1, 0.15) is 5.75 Å². The van der Waals surface area contributed by atoms with E-state index in [1.165, 1.54) is 0 Å². The molecule has 0 aliphatic rings. The van der Waals surface area contributed by atoms with Crippen molar-refractivity contribution >= 4 is 17.6 Å². The fourth-order valence-corrected chi connectivity index (χ4v) is 2.47. The third kappa shape index (κ3) is 3.93. The molecule has 1 amide bonds. The molecule has 5 heteroatoms. The first-order valence-electron chi connectivity index (χ1n) is 7.78. The number of hydrogen-bond donors (Lipinski definition) is 2. The van der Waals surface area contributed by atoms with Crippen LogP contribution < -0.4 is 10.1 Å². The Balaban J connectivity index is 2.20. The normalized spacial score (nSPS) is 12.9. The first-order chi connectivity index (χ1) is 11.5. The number of aliphatic carboxylic acids is 1. The van der Waals surface area contributed by atoms with Crippen LogP contribution in [0.3, 0.4) is 0 Å². The summed E-state index contributed by atoms with van der Waals surface area (Å²) in [6, 6.07) is 15.8. The van der Waals surface area contributed by atoms with Crippen molar-refractivity contribution in [3.8, 4) is 5.75 Å². The van der Waals surface area contributed by atoms with Gasteiger partial charge in [-0.05, 0) is 31.5 Å². The maximum atomic E-state index is 12.4. The lowest BCUT2D eigenvalue weighted by atomic mass is 9.79. The predicted molar refractivity (Wildman–Crippen MR) is 92.3 cm³/mol. The number of anilines is 1. The average Bonchev–Trinajstić information content (AvgIpc) is 2.57. The summed E-state index contributed by atoms with van der Waals surface area (Å²) in [5.74, 6) is -0.858. The molecule has 1 atom stereocenters. The average molecular weight is 327 g/mol. The summed E-state index contributed by atoms with van der Waals surface area (Å²) >= 11 is 0. The molecule has 0 bridgehead atoms. The van der Waals surface area contributed by atoms with Crippen LogP contribution in [0.2, 0.25) is 0 Å². The predicted octanol–water partition coefficient (Wildman–Crippen LogP) is 3.46. The molecule has 2 aromatic carbocycles. The fraction of sp³-hybridized carbons (Fsp3) is 0.263. The number of nitrogens with one attached hydrogen (secondary N) is 1. The Labute approximate surface area is 141 Å². The summed E-state index contributed by atoms with van der Waals surface area (Å²) in [5.41, 5.74) is -0.179. The second-order valence-electron chi connectivity index (χ2n) is 5.66. The van der Waals surface area contributed by atoms with Crippen LogP contribution >= 0.6 is 0 Å². The fourth-order valence-electron chi connectivity index (χ4n) is 2.47. The van der Waals surface area contributed by atoms with Gasteiger partial charge in [0.2, 0.25) is 5.91 Å². The highest BCUT2D eigenvalue weighted by Gasteiger charge is 2.37. The van der Waals surface area contributed by atoms with E-state index < -0.39 is 11.4 Å². The van der Waals surface area contributed by atoms with Crippen molar-refractivity contribution in [2.75, 3.05) is 11.9 Å². The molecule has 0 saturated heterocycles. The Bertz CT molecular complexity index is 714. The summed E-state index contributed by atoms with van der Waals surface area (Å²) in [5, 5.41) is 12.4. The number of amides is 1. The minimum absolute atomic E-state index is 0.174. The van der Waals surface area contributed by atoms with Crippen LogP contribution in [-0.2, 0) is 15.0 Å². The molecule has 24 heavy (non-hydrogen) atoms. The molecular formula is C19H21NO4. The summed E-state index contributed by atoms with van der Waals surface area (Å²) in [6.45, 7) is 3.89. The van der Waals surface area contributed by atoms with Crippen LogP contribution in [0.4, 0.5) is 5.69 Å². The van der Waals surface area contributed by atoms with Gasteiger partial charge in [0.25, 0.3) is 0 Å². The van der Waals surface area contributed by atoms with E-state index in [4.69, 9.17) is 4.74 Å². The number of benzene rings is 2. The van der Waals surface area contributed by atoms with Crippen molar-refractivity contribution in [2.45, 2.75) is 25.7 Å². The van der Waals surface area contributed by atoms with E-state index in [2.05, 4.69) is 5.32 Å². The second-order valence-corrected chi connectivity index (χ2v) is 5.66. The maximum Gasteiger partial charge on any atom is 0.314 e. The zero-order chi connectivity index (χ0) is 17.6. The van der Waals surface area contributed by atoms with Gasteiger partial charge in [0, 0.05) is 6.42 Å². The number of hydrogen-bond acceptors (Lipinski definition) is 3. The lowest BCUT2D eigenvalue weighted by Gasteiger charge is -2.25. The first kappa shape index (κ1) is 17.5. The number of carboxylic acids is 1. The number of carboxylic acid groups (broad SMARTS) is 1. The molecule has 5 nitrogen and oxygen atoms in total. The van der Waals surface area contributed by atoms with Gasteiger partial charge in [0.15, 0.2) is 0 Å². The highest BCUT2D eigenvalue weighted by molar-refractivity contribution is 5.97. The van der Waals surface area contributed by atoms with E-state index in [-0.39, 0.29) is 12.3 Å². The third-order valence-corrected chi connectivity index (χ3v) is 3.86. The van der Waals surface area contributed by atoms with Crippen molar-refractivity contribution < 1.29 is 19.4 Å². The van der Waals surface area contributed by atoms with Gasteiger partial charge >= 0.3 is 5.97 Å². The van der Waals surface area contributed by atoms with Gasteiger partial charge in [-0.3, -0.25) is 9.59 Å². The lowest BCUT2D eigenvalue weighted by molar-refractivity contribution is -0.145. The monoisotopic (exact) mass is 327 g/mol. The van der Waals surface area contributed by atoms with E-state index >= 15 is 0 Å². The summed E-state index contributed by atoms with van der Waals surface area (Å²) < 4.78 is 5.47. The number of rotatable bonds is 7. The number of ether oxygens (including phenoxy) is 1. The molecule has 0 unspecified atom stereocenters. The molecule has 0 fully saturated rings.